The second-order valence-electron chi connectivity index (χ2n) is 5.92. The van der Waals surface area contributed by atoms with Crippen molar-refractivity contribution >= 4 is 11.9 Å². The molecular weight excluding hydrogens is 296 g/mol. The summed E-state index contributed by atoms with van der Waals surface area (Å²) < 4.78 is 4.99. The van der Waals surface area contributed by atoms with Crippen LogP contribution in [0.2, 0.25) is 0 Å². The molecule has 0 spiro atoms. The summed E-state index contributed by atoms with van der Waals surface area (Å²) in [5.41, 5.74) is 6.75. The van der Waals surface area contributed by atoms with E-state index < -0.39 is 24.0 Å². The Labute approximate surface area is 137 Å². The lowest BCUT2D eigenvalue weighted by atomic mass is 10.0. The minimum Gasteiger partial charge on any atom is -0.508 e. The minimum atomic E-state index is -0.774. The maximum atomic E-state index is 12.2. The molecule has 1 aromatic carbocycles. The van der Waals surface area contributed by atoms with Crippen LogP contribution in [0.3, 0.4) is 0 Å². The summed E-state index contributed by atoms with van der Waals surface area (Å²) in [6, 6.07) is 5.04. The Hall–Kier alpha value is -2.08. The van der Waals surface area contributed by atoms with Crippen LogP contribution in [0.15, 0.2) is 24.3 Å². The van der Waals surface area contributed by atoms with Gasteiger partial charge in [0, 0.05) is 0 Å². The topological polar surface area (TPSA) is 102 Å². The molecule has 0 unspecified atom stereocenters. The highest BCUT2D eigenvalue weighted by molar-refractivity contribution is 5.87. The molecule has 2 atom stereocenters. The number of carbonyl (C=O) groups excluding carboxylic acids is 2. The third-order valence-corrected chi connectivity index (χ3v) is 3.32. The zero-order valence-electron chi connectivity index (χ0n) is 13.9. The molecule has 23 heavy (non-hydrogen) atoms. The van der Waals surface area contributed by atoms with Gasteiger partial charge in [-0.1, -0.05) is 26.0 Å². The number of carbonyl (C=O) groups is 2. The Morgan fingerprint density at radius 1 is 1.26 bits per heavy atom. The SMILES string of the molecule is CCOC(=O)[C@H](CC(C)C)NC(=O)[C@H](N)Cc1ccc(O)cc1. The Kier molecular flexibility index (Phi) is 7.54. The number of amides is 1. The number of benzene rings is 1. The number of hydrogen-bond donors (Lipinski definition) is 3. The summed E-state index contributed by atoms with van der Waals surface area (Å²) in [5, 5.41) is 11.9. The van der Waals surface area contributed by atoms with Gasteiger partial charge in [0.15, 0.2) is 0 Å². The van der Waals surface area contributed by atoms with Gasteiger partial charge in [0.1, 0.15) is 11.8 Å². The van der Waals surface area contributed by atoms with Crippen LogP contribution in [0.1, 0.15) is 32.8 Å². The maximum Gasteiger partial charge on any atom is 0.328 e. The van der Waals surface area contributed by atoms with Crippen LogP contribution in [-0.4, -0.2) is 35.7 Å². The largest absolute Gasteiger partial charge is 0.508 e. The molecule has 1 rings (SSSR count). The van der Waals surface area contributed by atoms with Crippen molar-refractivity contribution in [2.45, 2.75) is 45.7 Å². The molecule has 0 fully saturated rings. The van der Waals surface area contributed by atoms with Gasteiger partial charge in [-0.05, 0) is 43.4 Å². The summed E-state index contributed by atoms with van der Waals surface area (Å²) in [5.74, 6) is -0.438. The number of phenols is 1. The van der Waals surface area contributed by atoms with Crippen molar-refractivity contribution in [3.05, 3.63) is 29.8 Å². The summed E-state index contributed by atoms with van der Waals surface area (Å²) >= 11 is 0. The Balaban J connectivity index is 2.65. The molecule has 6 heteroatoms. The van der Waals surface area contributed by atoms with Crippen molar-refractivity contribution in [2.75, 3.05) is 6.61 Å². The average molecular weight is 322 g/mol. The number of phenolic OH excluding ortho intramolecular Hbond substituents is 1. The van der Waals surface area contributed by atoms with Gasteiger partial charge in [-0.15, -0.1) is 0 Å². The molecule has 0 bridgehead atoms. The third-order valence-electron chi connectivity index (χ3n) is 3.32. The molecule has 0 heterocycles. The van der Waals surface area contributed by atoms with E-state index in [1.807, 2.05) is 13.8 Å². The lowest BCUT2D eigenvalue weighted by Gasteiger charge is -2.21. The number of ether oxygens (including phenoxy) is 1. The van der Waals surface area contributed by atoms with E-state index in [0.29, 0.717) is 12.8 Å². The van der Waals surface area contributed by atoms with E-state index in [9.17, 15) is 14.7 Å². The van der Waals surface area contributed by atoms with Crippen molar-refractivity contribution < 1.29 is 19.4 Å². The van der Waals surface area contributed by atoms with Gasteiger partial charge in [0.25, 0.3) is 0 Å². The molecule has 1 aromatic rings. The summed E-state index contributed by atoms with van der Waals surface area (Å²) in [6.07, 6.45) is 0.819. The predicted molar refractivity (Wildman–Crippen MR) is 87.8 cm³/mol. The highest BCUT2D eigenvalue weighted by Crippen LogP contribution is 2.11. The Morgan fingerprint density at radius 3 is 2.39 bits per heavy atom. The van der Waals surface area contributed by atoms with E-state index in [-0.39, 0.29) is 18.3 Å². The molecular formula is C17H26N2O4. The number of rotatable bonds is 8. The molecule has 0 radical (unpaired) electrons. The summed E-state index contributed by atoms with van der Waals surface area (Å²) in [4.78, 5) is 24.1. The highest BCUT2D eigenvalue weighted by atomic mass is 16.5. The van der Waals surface area contributed by atoms with E-state index in [1.54, 1.807) is 31.2 Å². The van der Waals surface area contributed by atoms with Crippen LogP contribution in [0.4, 0.5) is 0 Å². The van der Waals surface area contributed by atoms with Gasteiger partial charge in [-0.2, -0.15) is 0 Å². The van der Waals surface area contributed by atoms with Crippen LogP contribution in [-0.2, 0) is 20.7 Å². The molecule has 4 N–H and O–H groups in total. The van der Waals surface area contributed by atoms with E-state index in [2.05, 4.69) is 5.32 Å². The molecule has 128 valence electrons. The fourth-order valence-electron chi connectivity index (χ4n) is 2.19. The molecule has 0 saturated heterocycles. The smallest absolute Gasteiger partial charge is 0.328 e. The number of aromatic hydroxyl groups is 1. The quantitative estimate of drug-likeness (QED) is 0.627. The van der Waals surface area contributed by atoms with Crippen molar-refractivity contribution in [1.82, 2.24) is 5.32 Å². The van der Waals surface area contributed by atoms with Crippen LogP contribution in [0.25, 0.3) is 0 Å². The van der Waals surface area contributed by atoms with Gasteiger partial charge in [-0.25, -0.2) is 4.79 Å². The van der Waals surface area contributed by atoms with E-state index in [4.69, 9.17) is 10.5 Å². The minimum absolute atomic E-state index is 0.158. The van der Waals surface area contributed by atoms with Gasteiger partial charge < -0.3 is 20.9 Å². The number of nitrogens with two attached hydrogens (primary N) is 1. The predicted octanol–water partition coefficient (Wildman–Crippen LogP) is 1.36. The highest BCUT2D eigenvalue weighted by Gasteiger charge is 2.25. The first-order valence-electron chi connectivity index (χ1n) is 7.84. The van der Waals surface area contributed by atoms with Crippen LogP contribution in [0, 0.1) is 5.92 Å². The second kappa shape index (κ2) is 9.15. The summed E-state index contributed by atoms with van der Waals surface area (Å²) in [7, 11) is 0. The lowest BCUT2D eigenvalue weighted by Crippen LogP contribution is -2.50. The van der Waals surface area contributed by atoms with Crippen LogP contribution in [0.5, 0.6) is 5.75 Å². The molecule has 0 aliphatic heterocycles. The molecule has 0 saturated carbocycles. The summed E-state index contributed by atoms with van der Waals surface area (Å²) in [6.45, 7) is 5.93. The van der Waals surface area contributed by atoms with E-state index >= 15 is 0 Å². The molecule has 0 aliphatic carbocycles. The molecule has 1 amide bonds. The van der Waals surface area contributed by atoms with Crippen LogP contribution >= 0.6 is 0 Å². The first-order chi connectivity index (χ1) is 10.8. The van der Waals surface area contributed by atoms with Crippen molar-refractivity contribution in [3.8, 4) is 5.75 Å². The molecule has 0 aliphatic rings. The zero-order chi connectivity index (χ0) is 17.4. The fraction of sp³-hybridized carbons (Fsp3) is 0.529. The fourth-order valence-corrected chi connectivity index (χ4v) is 2.19. The van der Waals surface area contributed by atoms with Crippen molar-refractivity contribution in [3.63, 3.8) is 0 Å². The van der Waals surface area contributed by atoms with E-state index in [1.165, 1.54) is 0 Å². The normalized spacial score (nSPS) is 13.4. The molecule has 6 nitrogen and oxygen atoms in total. The first kappa shape index (κ1) is 19.0. The van der Waals surface area contributed by atoms with Gasteiger partial charge in [-0.3, -0.25) is 4.79 Å². The average Bonchev–Trinajstić information content (AvgIpc) is 2.48. The number of esters is 1. The monoisotopic (exact) mass is 322 g/mol. The van der Waals surface area contributed by atoms with Gasteiger partial charge in [0.05, 0.1) is 12.6 Å². The standard InChI is InChI=1S/C17H26N2O4/c1-4-23-17(22)15(9-11(2)3)19-16(21)14(18)10-12-5-7-13(20)8-6-12/h5-8,11,14-15,20H,4,9-10,18H2,1-3H3,(H,19,21)/t14-,15+/m1/s1. The first-order valence-corrected chi connectivity index (χ1v) is 7.84. The third kappa shape index (κ3) is 6.69. The zero-order valence-corrected chi connectivity index (χ0v) is 13.9. The van der Waals surface area contributed by atoms with Crippen molar-refractivity contribution in [2.24, 2.45) is 11.7 Å². The number of nitrogens with one attached hydrogen (secondary N) is 1. The van der Waals surface area contributed by atoms with E-state index in [0.717, 1.165) is 5.56 Å². The van der Waals surface area contributed by atoms with Crippen LogP contribution < -0.4 is 11.1 Å². The Bertz CT molecular complexity index is 514. The van der Waals surface area contributed by atoms with Gasteiger partial charge in [0.2, 0.25) is 5.91 Å². The van der Waals surface area contributed by atoms with Gasteiger partial charge >= 0.3 is 5.97 Å². The lowest BCUT2D eigenvalue weighted by molar-refractivity contribution is -0.148. The maximum absolute atomic E-state index is 12.2. The second-order valence-corrected chi connectivity index (χ2v) is 5.92. The van der Waals surface area contributed by atoms with Crippen molar-refractivity contribution in [1.29, 1.82) is 0 Å². The Morgan fingerprint density at radius 2 is 1.87 bits per heavy atom. The molecule has 0 aromatic heterocycles. The number of hydrogen-bond acceptors (Lipinski definition) is 5.